The van der Waals surface area contributed by atoms with Crippen molar-refractivity contribution in [2.24, 2.45) is 10.9 Å². The molecule has 7 nitrogen and oxygen atoms in total. The van der Waals surface area contributed by atoms with Gasteiger partial charge >= 0.3 is 0 Å². The first kappa shape index (κ1) is 12.4. The summed E-state index contributed by atoms with van der Waals surface area (Å²) < 4.78 is 0. The van der Waals surface area contributed by atoms with Gasteiger partial charge in [-0.05, 0) is 32.0 Å². The lowest BCUT2D eigenvalue weighted by Crippen LogP contribution is -2.39. The second-order valence-electron chi connectivity index (χ2n) is 5.56. The number of nitriles is 1. The fraction of sp³-hybridized carbons (Fsp3) is 0.429. The van der Waals surface area contributed by atoms with Crippen LogP contribution in [0.2, 0.25) is 0 Å². The summed E-state index contributed by atoms with van der Waals surface area (Å²) in [5.74, 6) is 1.40. The van der Waals surface area contributed by atoms with Crippen molar-refractivity contribution in [3.8, 4) is 6.07 Å². The van der Waals surface area contributed by atoms with Crippen LogP contribution in [0.5, 0.6) is 0 Å². The van der Waals surface area contributed by atoms with Crippen LogP contribution in [0, 0.1) is 17.2 Å². The zero-order valence-electron chi connectivity index (χ0n) is 11.6. The molecule has 1 aromatic rings. The average molecular weight is 283 g/mol. The van der Waals surface area contributed by atoms with Gasteiger partial charge in [0.1, 0.15) is 12.2 Å². The quantitative estimate of drug-likeness (QED) is 0.703. The highest BCUT2D eigenvalue weighted by Gasteiger charge is 2.33. The highest BCUT2D eigenvalue weighted by atomic mass is 15.7. The minimum absolute atomic E-state index is 0.488. The molecule has 21 heavy (non-hydrogen) atoms. The number of aromatic nitrogens is 1. The summed E-state index contributed by atoms with van der Waals surface area (Å²) in [5, 5.41) is 10.7. The van der Waals surface area contributed by atoms with E-state index < -0.39 is 0 Å². The summed E-state index contributed by atoms with van der Waals surface area (Å²) >= 11 is 0. The summed E-state index contributed by atoms with van der Waals surface area (Å²) in [6.07, 6.45) is 5.85. The smallest absolute Gasteiger partial charge is 0.141 e. The maximum Gasteiger partial charge on any atom is 0.141 e. The van der Waals surface area contributed by atoms with Gasteiger partial charge in [-0.2, -0.15) is 5.26 Å². The van der Waals surface area contributed by atoms with Gasteiger partial charge in [-0.1, -0.05) is 0 Å². The number of aliphatic imine (C=N–C) groups is 1. The zero-order chi connectivity index (χ0) is 14.2. The number of hydrogen-bond donors (Lipinski definition) is 3. The zero-order valence-corrected chi connectivity index (χ0v) is 11.6. The highest BCUT2D eigenvalue weighted by molar-refractivity contribution is 5.87. The molecule has 0 aliphatic carbocycles. The van der Waals surface area contributed by atoms with E-state index in [0.717, 1.165) is 37.3 Å². The van der Waals surface area contributed by atoms with Gasteiger partial charge < -0.3 is 10.4 Å². The molecule has 0 bridgehead atoms. The van der Waals surface area contributed by atoms with Crippen LogP contribution in [-0.2, 0) is 0 Å². The topological polar surface area (TPSA) is 82.5 Å². The third-order valence-electron chi connectivity index (χ3n) is 4.38. The Bertz CT molecular complexity index is 643. The Hall–Kier alpha value is -2.30. The predicted octanol–water partition coefficient (Wildman–Crippen LogP) is 0.917. The molecule has 0 radical (unpaired) electrons. The normalized spacial score (nSPS) is 22.0. The monoisotopic (exact) mass is 283 g/mol. The Kier molecular flexibility index (Phi) is 2.91. The maximum atomic E-state index is 8.79. The number of nitrogens with zero attached hydrogens (tertiary/aromatic N) is 4. The maximum absolute atomic E-state index is 8.79. The molecule has 108 valence electrons. The van der Waals surface area contributed by atoms with Crippen molar-refractivity contribution in [2.75, 3.05) is 19.6 Å². The van der Waals surface area contributed by atoms with Crippen molar-refractivity contribution in [3.05, 3.63) is 23.5 Å². The van der Waals surface area contributed by atoms with E-state index in [-0.39, 0.29) is 0 Å². The molecule has 1 saturated heterocycles. The number of allylic oxidation sites excluding steroid dienone is 1. The molecule has 3 aliphatic rings. The molecule has 0 aromatic carbocycles. The summed E-state index contributed by atoms with van der Waals surface area (Å²) in [6.45, 7) is 2.49. The second kappa shape index (κ2) is 4.91. The summed E-state index contributed by atoms with van der Waals surface area (Å²) in [7, 11) is 0. The predicted molar refractivity (Wildman–Crippen MR) is 78.8 cm³/mol. The van der Waals surface area contributed by atoms with E-state index in [2.05, 4.69) is 38.0 Å². The fourth-order valence-electron chi connectivity index (χ4n) is 3.28. The number of nitrogens with one attached hydrogen (secondary N) is 3. The van der Waals surface area contributed by atoms with E-state index in [0.29, 0.717) is 12.5 Å². The standard InChI is InChI=1S/C14H17N7/c15-4-8-20-6-2-10(3-7-20)12-13-11-1-5-16-14(11)17-9-21(13)19-18-12/h1,5,9-10,16,18-19H,2-3,6-8H2. The van der Waals surface area contributed by atoms with E-state index >= 15 is 0 Å². The molecule has 7 heteroatoms. The molecular weight excluding hydrogens is 266 g/mol. The first-order chi connectivity index (χ1) is 10.4. The van der Waals surface area contributed by atoms with Gasteiger partial charge in [0, 0.05) is 17.7 Å². The minimum Gasteiger partial charge on any atom is -0.346 e. The number of fused-ring (bicyclic) bond motifs is 3. The number of rotatable bonds is 2. The molecule has 3 aliphatic heterocycles. The molecule has 1 fully saturated rings. The molecule has 4 rings (SSSR count). The first-order valence-electron chi connectivity index (χ1n) is 7.23. The minimum atomic E-state index is 0.488. The molecule has 3 N–H and O–H groups in total. The van der Waals surface area contributed by atoms with Crippen molar-refractivity contribution in [1.82, 2.24) is 25.9 Å². The Labute approximate surface area is 122 Å². The Morgan fingerprint density at radius 1 is 1.38 bits per heavy atom. The molecule has 1 aromatic heterocycles. The molecule has 0 unspecified atom stereocenters. The molecule has 0 spiro atoms. The number of likely N-dealkylation sites (tertiary alicyclic amines) is 1. The Balaban J connectivity index is 1.60. The van der Waals surface area contributed by atoms with Crippen molar-refractivity contribution in [3.63, 3.8) is 0 Å². The third kappa shape index (κ3) is 2.00. The van der Waals surface area contributed by atoms with Crippen molar-refractivity contribution >= 4 is 17.9 Å². The average Bonchev–Trinajstić information content (AvgIpc) is 3.14. The van der Waals surface area contributed by atoms with Gasteiger partial charge in [-0.3, -0.25) is 4.90 Å². The fourth-order valence-corrected chi connectivity index (χ4v) is 3.28. The van der Waals surface area contributed by atoms with Crippen LogP contribution in [0.15, 0.2) is 23.0 Å². The van der Waals surface area contributed by atoms with Crippen LogP contribution in [0.25, 0.3) is 5.70 Å². The number of hydrazine groups is 2. The van der Waals surface area contributed by atoms with E-state index in [4.69, 9.17) is 5.26 Å². The van der Waals surface area contributed by atoms with Gasteiger partial charge in [-0.15, -0.1) is 5.53 Å². The van der Waals surface area contributed by atoms with E-state index in [9.17, 15) is 0 Å². The number of H-pyrrole nitrogens is 1. The highest BCUT2D eigenvalue weighted by Crippen LogP contribution is 2.37. The van der Waals surface area contributed by atoms with Crippen LogP contribution in [0.1, 0.15) is 18.4 Å². The number of aromatic amines is 1. The van der Waals surface area contributed by atoms with Gasteiger partial charge in [0.2, 0.25) is 0 Å². The van der Waals surface area contributed by atoms with Gasteiger partial charge in [-0.25, -0.2) is 10.0 Å². The largest absolute Gasteiger partial charge is 0.346 e. The molecule has 0 amide bonds. The van der Waals surface area contributed by atoms with Crippen LogP contribution >= 0.6 is 0 Å². The summed E-state index contributed by atoms with van der Waals surface area (Å²) in [5.41, 5.74) is 10.00. The lowest BCUT2D eigenvalue weighted by Gasteiger charge is -2.31. The van der Waals surface area contributed by atoms with Crippen LogP contribution in [0.4, 0.5) is 5.82 Å². The van der Waals surface area contributed by atoms with Gasteiger partial charge in [0.25, 0.3) is 0 Å². The van der Waals surface area contributed by atoms with Gasteiger partial charge in [0.05, 0.1) is 24.0 Å². The Morgan fingerprint density at radius 2 is 2.24 bits per heavy atom. The van der Waals surface area contributed by atoms with Crippen LogP contribution in [-0.4, -0.2) is 40.9 Å². The molecular formula is C14H17N7. The third-order valence-corrected chi connectivity index (χ3v) is 4.38. The lowest BCUT2D eigenvalue weighted by atomic mass is 9.91. The van der Waals surface area contributed by atoms with Crippen LogP contribution in [0.3, 0.4) is 0 Å². The Morgan fingerprint density at radius 3 is 3.05 bits per heavy atom. The number of piperidine rings is 1. The molecule has 0 saturated carbocycles. The second-order valence-corrected chi connectivity index (χ2v) is 5.56. The van der Waals surface area contributed by atoms with Gasteiger partial charge in [0.15, 0.2) is 0 Å². The van der Waals surface area contributed by atoms with E-state index in [1.54, 1.807) is 6.34 Å². The SMILES string of the molecule is N#CCN1CCC(C2=C3c4cc[nH]c4N=CN3NN2)CC1. The number of hydrogen-bond acceptors (Lipinski definition) is 6. The van der Waals surface area contributed by atoms with Crippen molar-refractivity contribution in [2.45, 2.75) is 12.8 Å². The van der Waals surface area contributed by atoms with Crippen LogP contribution < -0.4 is 11.0 Å². The summed E-state index contributed by atoms with van der Waals surface area (Å²) in [6, 6.07) is 4.30. The van der Waals surface area contributed by atoms with Crippen molar-refractivity contribution in [1.29, 1.82) is 5.26 Å². The van der Waals surface area contributed by atoms with E-state index in [1.165, 1.54) is 11.4 Å². The molecule has 4 heterocycles. The first-order valence-corrected chi connectivity index (χ1v) is 7.23. The summed E-state index contributed by atoms with van der Waals surface area (Å²) in [4.78, 5) is 9.75. The molecule has 0 atom stereocenters. The lowest BCUT2D eigenvalue weighted by molar-refractivity contribution is 0.215. The van der Waals surface area contributed by atoms with E-state index in [1.807, 2.05) is 11.2 Å². The van der Waals surface area contributed by atoms with Crippen molar-refractivity contribution < 1.29 is 0 Å².